The number of aromatic nitrogens is 2. The van der Waals surface area contributed by atoms with E-state index in [2.05, 4.69) is 27.3 Å². The van der Waals surface area contributed by atoms with Crippen molar-refractivity contribution in [1.82, 2.24) is 19.5 Å². The molecule has 4 N–H and O–H groups in total. The lowest BCUT2D eigenvalue weighted by Gasteiger charge is -2.27. The fourth-order valence-corrected chi connectivity index (χ4v) is 5.99. The Labute approximate surface area is 228 Å². The number of imidazole rings is 1. The number of benzene rings is 1. The molecule has 1 fully saturated rings. The summed E-state index contributed by atoms with van der Waals surface area (Å²) in [5, 5.41) is 5.81. The Morgan fingerprint density at radius 2 is 2.03 bits per heavy atom. The van der Waals surface area contributed by atoms with Gasteiger partial charge in [-0.15, -0.1) is 0 Å². The number of nitrogens with one attached hydrogen (secondary N) is 2. The minimum absolute atomic E-state index is 0.0296. The second-order valence-corrected chi connectivity index (χ2v) is 12.0. The molecule has 0 bridgehead atoms. The van der Waals surface area contributed by atoms with Crippen LogP contribution in [0, 0.1) is 5.92 Å². The number of rotatable bonds is 11. The highest BCUT2D eigenvalue weighted by Crippen LogP contribution is 2.47. The van der Waals surface area contributed by atoms with Gasteiger partial charge in [-0.1, -0.05) is 25.1 Å². The predicted octanol–water partition coefficient (Wildman–Crippen LogP) is 3.24. The molecule has 0 spiro atoms. The number of ether oxygens (including phenoxy) is 2. The van der Waals surface area contributed by atoms with E-state index in [0.717, 1.165) is 11.5 Å². The molecule has 6 atom stereocenters. The molecule has 13 nitrogen and oxygen atoms in total. The molecular weight excluding hydrogens is 525 g/mol. The number of carbonyl (C=O) groups excluding carboxylic acids is 1. The van der Waals surface area contributed by atoms with Crippen molar-refractivity contribution in [2.75, 3.05) is 26.0 Å². The van der Waals surface area contributed by atoms with E-state index in [4.69, 9.17) is 24.3 Å². The molecule has 4 rings (SSSR count). The maximum atomic E-state index is 13.8. The molecule has 214 valence electrons. The van der Waals surface area contributed by atoms with Crippen molar-refractivity contribution < 1.29 is 27.9 Å². The molecule has 1 saturated heterocycles. The van der Waals surface area contributed by atoms with Crippen LogP contribution in [0.2, 0.25) is 0 Å². The Kier molecular flexibility index (Phi) is 8.97. The van der Waals surface area contributed by atoms with E-state index in [-0.39, 0.29) is 31.0 Å². The molecule has 1 aromatic heterocycles. The number of hydrogen-bond acceptors (Lipinski definition) is 11. The van der Waals surface area contributed by atoms with Crippen molar-refractivity contribution in [2.24, 2.45) is 16.6 Å². The van der Waals surface area contributed by atoms with Gasteiger partial charge < -0.3 is 25.0 Å². The third kappa shape index (κ3) is 6.98. The highest BCUT2D eigenvalue weighted by atomic mass is 31.2. The van der Waals surface area contributed by atoms with Crippen molar-refractivity contribution in [3.63, 3.8) is 0 Å². The largest absolute Gasteiger partial charge is 0.462 e. The molecule has 2 unspecified atom stereocenters. The van der Waals surface area contributed by atoms with Crippen LogP contribution in [0.25, 0.3) is 0 Å². The molecule has 2 aromatic rings. The number of aliphatic imine (C=N–C) groups is 1. The first-order valence-electron chi connectivity index (χ1n) is 12.9. The Morgan fingerprint density at radius 1 is 1.31 bits per heavy atom. The number of esters is 1. The minimum atomic E-state index is -3.99. The van der Waals surface area contributed by atoms with Gasteiger partial charge in [-0.2, -0.15) is 5.09 Å². The molecule has 3 heterocycles. The van der Waals surface area contributed by atoms with Gasteiger partial charge in [0.15, 0.2) is 12.1 Å². The van der Waals surface area contributed by atoms with Gasteiger partial charge in [-0.05, 0) is 53.4 Å². The van der Waals surface area contributed by atoms with Crippen molar-refractivity contribution in [3.05, 3.63) is 42.4 Å². The number of hydrogen-bond donors (Lipinski definition) is 3. The molecule has 2 aliphatic rings. The second kappa shape index (κ2) is 12.1. The van der Waals surface area contributed by atoms with E-state index >= 15 is 0 Å². The van der Waals surface area contributed by atoms with Crippen LogP contribution in [0.15, 0.2) is 41.7 Å². The summed E-state index contributed by atoms with van der Waals surface area (Å²) in [4.78, 5) is 23.3. The van der Waals surface area contributed by atoms with Crippen LogP contribution in [-0.4, -0.2) is 65.3 Å². The van der Waals surface area contributed by atoms with Gasteiger partial charge in [0.25, 0.3) is 0 Å². The van der Waals surface area contributed by atoms with Crippen molar-refractivity contribution in [1.29, 1.82) is 0 Å². The normalized spacial score (nSPS) is 25.0. The average molecular weight is 564 g/mol. The summed E-state index contributed by atoms with van der Waals surface area (Å²) in [6.07, 6.45) is 0.956. The fraction of sp³-hybridized carbons (Fsp3) is 0.560. The lowest BCUT2D eigenvalue weighted by Crippen LogP contribution is -2.36. The number of guanidine groups is 1. The van der Waals surface area contributed by atoms with Crippen LogP contribution in [0.4, 0.5) is 5.82 Å². The molecule has 1 aromatic carbocycles. The van der Waals surface area contributed by atoms with E-state index in [1.165, 1.54) is 0 Å². The number of carbonyl (C=O) groups is 1. The Bertz CT molecular complexity index is 1220. The van der Waals surface area contributed by atoms with E-state index in [0.29, 0.717) is 18.1 Å². The van der Waals surface area contributed by atoms with E-state index in [9.17, 15) is 9.36 Å². The van der Waals surface area contributed by atoms with Crippen molar-refractivity contribution in [3.8, 4) is 5.75 Å². The van der Waals surface area contributed by atoms with Crippen LogP contribution in [-0.2, 0) is 23.4 Å². The van der Waals surface area contributed by atoms with Crippen molar-refractivity contribution in [2.45, 2.75) is 64.8 Å². The zero-order chi connectivity index (χ0) is 28.3. The predicted molar refractivity (Wildman–Crippen MR) is 146 cm³/mol. The SMILES string of the molecule is CC(C)OC(=O)[C@@H](C)NP(=O)(OC[C@@H]1C[C@H](C)[C@H](n2cnc3c2NC(N)=NC3N(C)C)O1)Oc1ccccc1. The van der Waals surface area contributed by atoms with Gasteiger partial charge in [0.2, 0.25) is 0 Å². The minimum Gasteiger partial charge on any atom is -0.462 e. The zero-order valence-electron chi connectivity index (χ0n) is 23.1. The quantitative estimate of drug-likeness (QED) is 0.273. The number of anilines is 1. The van der Waals surface area contributed by atoms with Gasteiger partial charge in [0.1, 0.15) is 29.5 Å². The third-order valence-corrected chi connectivity index (χ3v) is 7.89. The summed E-state index contributed by atoms with van der Waals surface area (Å²) < 4.78 is 38.8. The third-order valence-electron chi connectivity index (χ3n) is 6.25. The maximum Gasteiger partial charge on any atom is 0.459 e. The van der Waals surface area contributed by atoms with Crippen LogP contribution in [0.5, 0.6) is 5.75 Å². The molecule has 2 aliphatic heterocycles. The maximum absolute atomic E-state index is 13.8. The monoisotopic (exact) mass is 563 g/mol. The summed E-state index contributed by atoms with van der Waals surface area (Å²) in [6, 6.07) is 7.70. The topological polar surface area (TPSA) is 155 Å². The number of fused-ring (bicyclic) bond motifs is 1. The number of para-hydroxylation sites is 1. The summed E-state index contributed by atoms with van der Waals surface area (Å²) in [6.45, 7) is 7.06. The van der Waals surface area contributed by atoms with Crippen molar-refractivity contribution >= 4 is 25.5 Å². The first kappa shape index (κ1) is 29.0. The first-order chi connectivity index (χ1) is 18.5. The lowest BCUT2D eigenvalue weighted by molar-refractivity contribution is -0.149. The summed E-state index contributed by atoms with van der Waals surface area (Å²) >= 11 is 0. The van der Waals surface area contributed by atoms with Gasteiger partial charge in [-0.25, -0.2) is 14.5 Å². The lowest BCUT2D eigenvalue weighted by atomic mass is 10.1. The standard InChI is InChI=1S/C25H38N7O6P/c1-15(2)36-24(33)17(4)30-39(34,38-18-10-8-7-9-11-18)35-13-19-12-16(3)23(37-19)32-14-27-20-21(31(5)6)28-25(26)29-22(20)32/h7-11,14-17,19,21,23H,12-13H2,1-6H3,(H,30,34)(H3,26,28,29)/t16-,17+,19-,21?,23+,39?/m0/s1. The average Bonchev–Trinajstić information content (AvgIpc) is 3.45. The first-order valence-corrected chi connectivity index (χ1v) is 14.5. The Balaban J connectivity index is 1.46. The molecule has 0 amide bonds. The summed E-state index contributed by atoms with van der Waals surface area (Å²) in [7, 11) is -0.178. The molecule has 0 aliphatic carbocycles. The number of nitrogens with zero attached hydrogens (tertiary/aromatic N) is 4. The van der Waals surface area contributed by atoms with Gasteiger partial charge in [-0.3, -0.25) is 18.8 Å². The van der Waals surface area contributed by atoms with Gasteiger partial charge in [0.05, 0.1) is 25.1 Å². The summed E-state index contributed by atoms with van der Waals surface area (Å²) in [5.41, 5.74) is 6.79. The molecule has 0 saturated carbocycles. The van der Waals surface area contributed by atoms with Crippen LogP contribution < -0.4 is 20.7 Å². The second-order valence-electron chi connectivity index (χ2n) is 10.3. The van der Waals surface area contributed by atoms with E-state index < -0.39 is 25.9 Å². The number of nitrogens with two attached hydrogens (primary N) is 1. The van der Waals surface area contributed by atoms with Gasteiger partial charge in [0, 0.05) is 5.92 Å². The van der Waals surface area contributed by atoms with Crippen LogP contribution >= 0.6 is 7.75 Å². The molecular formula is C25H38N7O6P. The van der Waals surface area contributed by atoms with E-state index in [1.54, 1.807) is 51.4 Å². The Morgan fingerprint density at radius 3 is 2.69 bits per heavy atom. The molecule has 14 heteroatoms. The van der Waals surface area contributed by atoms with Crippen LogP contribution in [0.3, 0.4) is 0 Å². The van der Waals surface area contributed by atoms with Gasteiger partial charge >= 0.3 is 13.7 Å². The van der Waals surface area contributed by atoms with E-state index in [1.807, 2.05) is 29.6 Å². The molecule has 0 radical (unpaired) electrons. The highest BCUT2D eigenvalue weighted by Gasteiger charge is 2.40. The highest BCUT2D eigenvalue weighted by molar-refractivity contribution is 7.52. The Hall–Kier alpha value is -2.96. The molecule has 39 heavy (non-hydrogen) atoms. The zero-order valence-corrected chi connectivity index (χ0v) is 24.0. The summed E-state index contributed by atoms with van der Waals surface area (Å²) in [5.74, 6) is 0.870. The smallest absolute Gasteiger partial charge is 0.459 e. The van der Waals surface area contributed by atoms with Crippen LogP contribution in [0.1, 0.15) is 52.2 Å². The fourth-order valence-electron chi connectivity index (χ4n) is 4.47.